The second-order valence-corrected chi connectivity index (χ2v) is 9.07. The molecule has 38 heavy (non-hydrogen) atoms. The first-order valence-corrected chi connectivity index (χ1v) is 12.1. The van der Waals surface area contributed by atoms with Crippen LogP contribution in [0.1, 0.15) is 25.3 Å². The number of urea groups is 1. The Morgan fingerprint density at radius 2 is 1.89 bits per heavy atom. The lowest BCUT2D eigenvalue weighted by molar-refractivity contribution is -0.149. The number of methoxy groups -OCH3 is 1. The molecule has 204 valence electrons. The summed E-state index contributed by atoms with van der Waals surface area (Å²) < 4.78 is 18.5. The number of rotatable bonds is 9. The molecule has 5 amide bonds. The first-order chi connectivity index (χ1) is 18.1. The lowest BCUT2D eigenvalue weighted by atomic mass is 9.95. The molecule has 1 aliphatic heterocycles. The van der Waals surface area contributed by atoms with E-state index in [1.807, 2.05) is 0 Å². The number of piperidine rings is 1. The fourth-order valence-corrected chi connectivity index (χ4v) is 4.26. The van der Waals surface area contributed by atoms with Gasteiger partial charge in [-0.05, 0) is 55.7 Å². The Morgan fingerprint density at radius 3 is 2.50 bits per heavy atom. The fourth-order valence-electron chi connectivity index (χ4n) is 4.26. The number of aliphatic hydroxyl groups is 1. The highest BCUT2D eigenvalue weighted by Gasteiger charge is 2.39. The van der Waals surface area contributed by atoms with Gasteiger partial charge >= 0.3 is 6.03 Å². The maximum absolute atomic E-state index is 13.4. The molecule has 11 nitrogen and oxygen atoms in total. The van der Waals surface area contributed by atoms with Crippen LogP contribution in [-0.4, -0.2) is 71.6 Å². The molecule has 12 heteroatoms. The Morgan fingerprint density at radius 1 is 1.18 bits per heavy atom. The molecule has 3 rings (SSSR count). The molecule has 1 saturated heterocycles. The zero-order valence-corrected chi connectivity index (χ0v) is 21.1. The Balaban J connectivity index is 1.71. The highest BCUT2D eigenvalue weighted by molar-refractivity contribution is 5.93. The van der Waals surface area contributed by atoms with E-state index in [0.29, 0.717) is 12.2 Å². The molecule has 0 spiro atoms. The van der Waals surface area contributed by atoms with Gasteiger partial charge in [-0.1, -0.05) is 18.2 Å². The fraction of sp³-hybridized carbons (Fsp3) is 0.385. The minimum Gasteiger partial charge on any atom is -0.497 e. The van der Waals surface area contributed by atoms with Gasteiger partial charge in [0.15, 0.2) is 0 Å². The van der Waals surface area contributed by atoms with Gasteiger partial charge < -0.3 is 36.4 Å². The Labute approximate surface area is 219 Å². The summed E-state index contributed by atoms with van der Waals surface area (Å²) in [7, 11) is 1.53. The van der Waals surface area contributed by atoms with Crippen LogP contribution < -0.4 is 26.4 Å². The van der Waals surface area contributed by atoms with Crippen molar-refractivity contribution in [2.24, 2.45) is 5.73 Å². The lowest BCUT2D eigenvalue weighted by Crippen LogP contribution is -2.61. The molecule has 2 aromatic carbocycles. The van der Waals surface area contributed by atoms with Gasteiger partial charge in [0.05, 0.1) is 7.11 Å². The van der Waals surface area contributed by atoms with Crippen LogP contribution in [0.15, 0.2) is 48.5 Å². The van der Waals surface area contributed by atoms with Crippen molar-refractivity contribution >= 4 is 29.4 Å². The zero-order chi connectivity index (χ0) is 27.8. The quantitative estimate of drug-likeness (QED) is 0.324. The van der Waals surface area contributed by atoms with E-state index in [4.69, 9.17) is 10.5 Å². The Hall–Kier alpha value is -4.19. The lowest BCUT2D eigenvalue weighted by Gasteiger charge is -2.39. The molecule has 4 atom stereocenters. The Bertz CT molecular complexity index is 1160. The summed E-state index contributed by atoms with van der Waals surface area (Å²) in [6.07, 6.45) is -0.907. The van der Waals surface area contributed by atoms with Gasteiger partial charge in [0, 0.05) is 24.7 Å². The summed E-state index contributed by atoms with van der Waals surface area (Å²) in [4.78, 5) is 51.8. The van der Waals surface area contributed by atoms with E-state index in [0.717, 1.165) is 11.6 Å². The minimum absolute atomic E-state index is 0.0227. The standard InChI is InChI=1S/C26H32FN5O6/c1-15(33)25(36)32-11-10-19(30-26(37)29-18-5-3-4-17(27)13-18)14-22(32)24(35)31-21(23(28)34)12-16-6-8-20(38-2)9-7-16/h3-9,13,15,19,21-22,33H,10-12,14H2,1-2H3,(H2,28,34)(H,31,35)(H2,29,30,37). The summed E-state index contributed by atoms with van der Waals surface area (Å²) in [6.45, 7) is 1.37. The number of ether oxygens (including phenoxy) is 1. The summed E-state index contributed by atoms with van der Waals surface area (Å²) in [5, 5.41) is 17.7. The van der Waals surface area contributed by atoms with E-state index in [9.17, 15) is 28.7 Å². The average Bonchev–Trinajstić information content (AvgIpc) is 2.88. The van der Waals surface area contributed by atoms with Crippen LogP contribution in [0, 0.1) is 5.82 Å². The number of nitrogens with two attached hydrogens (primary N) is 1. The van der Waals surface area contributed by atoms with Crippen LogP contribution in [0.3, 0.4) is 0 Å². The molecule has 0 aromatic heterocycles. The van der Waals surface area contributed by atoms with E-state index in [1.165, 1.54) is 37.1 Å². The van der Waals surface area contributed by atoms with Crippen molar-refractivity contribution in [1.82, 2.24) is 15.5 Å². The van der Waals surface area contributed by atoms with Crippen LogP contribution in [0.2, 0.25) is 0 Å². The number of hydrogen-bond acceptors (Lipinski definition) is 6. The van der Waals surface area contributed by atoms with Crippen molar-refractivity contribution in [3.8, 4) is 5.75 Å². The molecule has 6 N–H and O–H groups in total. The topological polar surface area (TPSA) is 163 Å². The summed E-state index contributed by atoms with van der Waals surface area (Å²) in [6, 6.07) is 9.01. The number of halogens is 1. The molecule has 4 unspecified atom stereocenters. The Kier molecular flexibility index (Phi) is 9.61. The molecule has 1 fully saturated rings. The zero-order valence-electron chi connectivity index (χ0n) is 21.1. The molecule has 0 bridgehead atoms. The van der Waals surface area contributed by atoms with E-state index in [1.54, 1.807) is 24.3 Å². The van der Waals surface area contributed by atoms with Crippen LogP contribution in [-0.2, 0) is 20.8 Å². The number of primary amides is 1. The SMILES string of the molecule is COc1ccc(CC(NC(=O)C2CC(NC(=O)Nc3cccc(F)c3)CCN2C(=O)C(C)O)C(N)=O)cc1. The number of nitrogens with zero attached hydrogens (tertiary/aromatic N) is 1. The average molecular weight is 530 g/mol. The van der Waals surface area contributed by atoms with Gasteiger partial charge in [-0.25, -0.2) is 9.18 Å². The second kappa shape index (κ2) is 12.9. The van der Waals surface area contributed by atoms with Crippen molar-refractivity contribution in [3.63, 3.8) is 0 Å². The van der Waals surface area contributed by atoms with E-state index in [-0.39, 0.29) is 25.1 Å². The van der Waals surface area contributed by atoms with Gasteiger partial charge in [0.2, 0.25) is 11.8 Å². The largest absolute Gasteiger partial charge is 0.497 e. The number of aliphatic hydroxyl groups excluding tert-OH is 1. The first-order valence-electron chi connectivity index (χ1n) is 12.1. The molecular formula is C26H32FN5O6. The summed E-state index contributed by atoms with van der Waals surface area (Å²) in [5.74, 6) is -1.94. The van der Waals surface area contributed by atoms with Crippen LogP contribution in [0.25, 0.3) is 0 Å². The minimum atomic E-state index is -1.35. The van der Waals surface area contributed by atoms with Crippen molar-refractivity contribution < 1.29 is 33.4 Å². The smallest absolute Gasteiger partial charge is 0.319 e. The predicted molar refractivity (Wildman–Crippen MR) is 137 cm³/mol. The number of anilines is 1. The number of likely N-dealkylation sites (tertiary alicyclic amines) is 1. The third-order valence-electron chi connectivity index (χ3n) is 6.22. The molecular weight excluding hydrogens is 497 g/mol. The number of amides is 5. The number of benzene rings is 2. The number of hydrogen-bond donors (Lipinski definition) is 5. The molecule has 2 aromatic rings. The second-order valence-electron chi connectivity index (χ2n) is 9.07. The molecule has 1 aliphatic rings. The van der Waals surface area contributed by atoms with Gasteiger partial charge in [-0.15, -0.1) is 0 Å². The number of carbonyl (C=O) groups excluding carboxylic acids is 4. The highest BCUT2D eigenvalue weighted by Crippen LogP contribution is 2.21. The van der Waals surface area contributed by atoms with Crippen molar-refractivity contribution in [3.05, 3.63) is 59.9 Å². The maximum Gasteiger partial charge on any atom is 0.319 e. The third-order valence-corrected chi connectivity index (χ3v) is 6.22. The summed E-state index contributed by atoms with van der Waals surface area (Å²) >= 11 is 0. The third kappa shape index (κ3) is 7.65. The predicted octanol–water partition coefficient (Wildman–Crippen LogP) is 0.909. The van der Waals surface area contributed by atoms with Crippen LogP contribution >= 0.6 is 0 Å². The van der Waals surface area contributed by atoms with Crippen molar-refractivity contribution in [2.75, 3.05) is 19.0 Å². The van der Waals surface area contributed by atoms with Crippen molar-refractivity contribution in [2.45, 2.75) is 50.4 Å². The molecule has 0 radical (unpaired) electrons. The molecule has 0 saturated carbocycles. The first kappa shape index (κ1) is 28.4. The molecule has 1 heterocycles. The van der Waals surface area contributed by atoms with Crippen molar-refractivity contribution in [1.29, 1.82) is 0 Å². The van der Waals surface area contributed by atoms with E-state index >= 15 is 0 Å². The molecule has 0 aliphatic carbocycles. The van der Waals surface area contributed by atoms with Crippen LogP contribution in [0.4, 0.5) is 14.9 Å². The van der Waals surface area contributed by atoms with Crippen LogP contribution in [0.5, 0.6) is 5.75 Å². The van der Waals surface area contributed by atoms with Gasteiger partial charge in [0.25, 0.3) is 5.91 Å². The summed E-state index contributed by atoms with van der Waals surface area (Å²) in [5.41, 5.74) is 6.52. The maximum atomic E-state index is 13.4. The number of nitrogens with one attached hydrogen (secondary N) is 3. The number of carbonyl (C=O) groups is 4. The van der Waals surface area contributed by atoms with E-state index < -0.39 is 53.8 Å². The van der Waals surface area contributed by atoms with E-state index in [2.05, 4.69) is 16.0 Å². The normalized spacial score (nSPS) is 18.6. The highest BCUT2D eigenvalue weighted by atomic mass is 19.1. The van der Waals surface area contributed by atoms with Gasteiger partial charge in [-0.2, -0.15) is 0 Å². The monoisotopic (exact) mass is 529 g/mol. The van der Waals surface area contributed by atoms with Gasteiger partial charge in [-0.3, -0.25) is 14.4 Å². The van der Waals surface area contributed by atoms with Gasteiger partial charge in [0.1, 0.15) is 29.8 Å².